The van der Waals surface area contributed by atoms with Crippen molar-refractivity contribution in [1.29, 1.82) is 0 Å². The number of carbonyl (C=O) groups is 2. The summed E-state index contributed by atoms with van der Waals surface area (Å²) < 4.78 is 0. The minimum atomic E-state index is -0.764. The van der Waals surface area contributed by atoms with Crippen molar-refractivity contribution in [3.05, 3.63) is 28.8 Å². The van der Waals surface area contributed by atoms with Crippen molar-refractivity contribution < 1.29 is 14.7 Å². The van der Waals surface area contributed by atoms with E-state index in [-0.39, 0.29) is 18.5 Å². The number of rotatable bonds is 4. The van der Waals surface area contributed by atoms with Crippen LogP contribution in [0.5, 0.6) is 0 Å². The first-order chi connectivity index (χ1) is 10.5. The number of aliphatic hydroxyl groups is 1. The van der Waals surface area contributed by atoms with Gasteiger partial charge in [-0.25, -0.2) is 4.79 Å². The largest absolute Gasteiger partial charge is 0.388 e. The van der Waals surface area contributed by atoms with E-state index >= 15 is 0 Å². The number of amides is 3. The molecule has 3 N–H and O–H groups in total. The van der Waals surface area contributed by atoms with Crippen LogP contribution in [-0.4, -0.2) is 42.3 Å². The van der Waals surface area contributed by atoms with E-state index in [4.69, 9.17) is 11.6 Å². The van der Waals surface area contributed by atoms with Crippen LogP contribution in [0.2, 0.25) is 5.02 Å². The quantitative estimate of drug-likeness (QED) is 0.785. The van der Waals surface area contributed by atoms with Gasteiger partial charge in [0, 0.05) is 25.2 Å². The van der Waals surface area contributed by atoms with E-state index < -0.39 is 5.60 Å². The molecule has 1 saturated heterocycles. The van der Waals surface area contributed by atoms with Gasteiger partial charge in [-0.1, -0.05) is 11.6 Å². The number of halogens is 1. The first-order valence-electron chi connectivity index (χ1n) is 7.34. The second kappa shape index (κ2) is 5.78. The van der Waals surface area contributed by atoms with Gasteiger partial charge in [0.1, 0.15) is 0 Å². The Labute approximate surface area is 133 Å². The van der Waals surface area contributed by atoms with Gasteiger partial charge in [-0.2, -0.15) is 0 Å². The number of hydrogen-bond donors (Lipinski definition) is 3. The lowest BCUT2D eigenvalue weighted by Gasteiger charge is -2.36. The monoisotopic (exact) mass is 323 g/mol. The van der Waals surface area contributed by atoms with E-state index in [1.54, 1.807) is 18.2 Å². The van der Waals surface area contributed by atoms with Gasteiger partial charge in [-0.05, 0) is 37.5 Å². The van der Waals surface area contributed by atoms with E-state index in [9.17, 15) is 14.7 Å². The number of nitrogens with one attached hydrogen (secondary N) is 2. The molecule has 0 atom stereocenters. The van der Waals surface area contributed by atoms with Crippen LogP contribution in [-0.2, 0) is 0 Å². The lowest BCUT2D eigenvalue weighted by molar-refractivity contribution is -0.0300. The Bertz CT molecular complexity index is 616. The van der Waals surface area contributed by atoms with Crippen LogP contribution in [0.15, 0.2) is 18.2 Å². The van der Waals surface area contributed by atoms with Crippen molar-refractivity contribution in [2.45, 2.75) is 24.9 Å². The fourth-order valence-corrected chi connectivity index (χ4v) is 2.89. The minimum absolute atomic E-state index is 0.219. The highest BCUT2D eigenvalue weighted by Gasteiger charge is 2.34. The third-order valence-electron chi connectivity index (χ3n) is 4.22. The van der Waals surface area contributed by atoms with Gasteiger partial charge in [0.2, 0.25) is 0 Å². The Hall–Kier alpha value is -1.79. The third kappa shape index (κ3) is 2.89. The van der Waals surface area contributed by atoms with Crippen molar-refractivity contribution in [3.8, 4) is 0 Å². The molecule has 1 heterocycles. The van der Waals surface area contributed by atoms with Crippen molar-refractivity contribution in [1.82, 2.24) is 10.6 Å². The summed E-state index contributed by atoms with van der Waals surface area (Å²) in [4.78, 5) is 25.5. The predicted octanol–water partition coefficient (Wildman–Crippen LogP) is 1.51. The molecule has 118 valence electrons. The molecule has 0 radical (unpaired) electrons. The normalized spacial score (nSPS) is 19.5. The molecule has 7 heteroatoms. The zero-order valence-electron chi connectivity index (χ0n) is 12.1. The lowest BCUT2D eigenvalue weighted by Crippen LogP contribution is -2.47. The topological polar surface area (TPSA) is 81.7 Å². The highest BCUT2D eigenvalue weighted by atomic mass is 35.5. The van der Waals surface area contributed by atoms with E-state index in [1.807, 2.05) is 0 Å². The van der Waals surface area contributed by atoms with Gasteiger partial charge in [0.05, 0.1) is 16.3 Å². The Morgan fingerprint density at radius 2 is 2.23 bits per heavy atom. The molecule has 0 spiro atoms. The molecule has 3 amide bonds. The molecule has 1 aromatic carbocycles. The SMILES string of the molecule is O=C(NCC1(O)CCC1)c1ccc(Cl)c(N2CCNC2=O)c1. The van der Waals surface area contributed by atoms with E-state index in [2.05, 4.69) is 10.6 Å². The standard InChI is InChI=1S/C15H18ClN3O3/c16-11-3-2-10(8-12(11)19-7-6-17-14(19)21)13(20)18-9-15(22)4-1-5-15/h2-3,8,22H,1,4-7,9H2,(H,17,21)(H,18,20). The van der Waals surface area contributed by atoms with Gasteiger partial charge in [-0.15, -0.1) is 0 Å². The Balaban J connectivity index is 1.73. The average molecular weight is 324 g/mol. The van der Waals surface area contributed by atoms with Gasteiger partial charge in [-0.3, -0.25) is 9.69 Å². The lowest BCUT2D eigenvalue weighted by atomic mass is 9.80. The first kappa shape index (κ1) is 15.1. The summed E-state index contributed by atoms with van der Waals surface area (Å²) in [5.74, 6) is -0.280. The molecule has 0 unspecified atom stereocenters. The van der Waals surface area contributed by atoms with Crippen LogP contribution in [0.25, 0.3) is 0 Å². The summed E-state index contributed by atoms with van der Waals surface area (Å²) in [6.45, 7) is 1.32. The summed E-state index contributed by atoms with van der Waals surface area (Å²) in [7, 11) is 0. The molecule has 1 aromatic rings. The first-order valence-corrected chi connectivity index (χ1v) is 7.72. The van der Waals surface area contributed by atoms with Gasteiger partial charge < -0.3 is 15.7 Å². The zero-order chi connectivity index (χ0) is 15.7. The maximum absolute atomic E-state index is 12.2. The summed E-state index contributed by atoms with van der Waals surface area (Å²) in [5, 5.41) is 15.9. The molecule has 0 aromatic heterocycles. The van der Waals surface area contributed by atoms with Crippen molar-refractivity contribution >= 4 is 29.2 Å². The summed E-state index contributed by atoms with van der Waals surface area (Å²) in [5.41, 5.74) is 0.174. The van der Waals surface area contributed by atoms with Gasteiger partial charge >= 0.3 is 6.03 Å². The molecule has 1 saturated carbocycles. The molecule has 1 aliphatic carbocycles. The third-order valence-corrected chi connectivity index (χ3v) is 4.54. The smallest absolute Gasteiger partial charge is 0.322 e. The molecule has 3 rings (SSSR count). The second-order valence-electron chi connectivity index (χ2n) is 5.81. The molecule has 0 bridgehead atoms. The summed E-state index contributed by atoms with van der Waals surface area (Å²) >= 11 is 6.13. The van der Waals surface area contributed by atoms with Crippen LogP contribution >= 0.6 is 11.6 Å². The van der Waals surface area contributed by atoms with Crippen molar-refractivity contribution in [2.24, 2.45) is 0 Å². The maximum atomic E-state index is 12.2. The number of nitrogens with zero attached hydrogens (tertiary/aromatic N) is 1. The molecule has 22 heavy (non-hydrogen) atoms. The van der Waals surface area contributed by atoms with E-state index in [0.29, 0.717) is 42.2 Å². The Kier molecular flexibility index (Phi) is 3.97. The van der Waals surface area contributed by atoms with Crippen LogP contribution in [0, 0.1) is 0 Å². The van der Waals surface area contributed by atoms with Crippen LogP contribution in [0.1, 0.15) is 29.6 Å². The van der Waals surface area contributed by atoms with Crippen LogP contribution in [0.4, 0.5) is 10.5 Å². The highest BCUT2D eigenvalue weighted by molar-refractivity contribution is 6.34. The molecular formula is C15H18ClN3O3. The van der Waals surface area contributed by atoms with Crippen molar-refractivity contribution in [3.63, 3.8) is 0 Å². The molecule has 2 fully saturated rings. The fourth-order valence-electron chi connectivity index (χ4n) is 2.67. The minimum Gasteiger partial charge on any atom is -0.388 e. The predicted molar refractivity (Wildman–Crippen MR) is 83.3 cm³/mol. The number of hydrogen-bond acceptors (Lipinski definition) is 3. The maximum Gasteiger partial charge on any atom is 0.322 e. The average Bonchev–Trinajstić information content (AvgIpc) is 2.89. The summed E-state index contributed by atoms with van der Waals surface area (Å²) in [6.07, 6.45) is 2.42. The van der Waals surface area contributed by atoms with E-state index in [1.165, 1.54) is 4.90 Å². The Morgan fingerprint density at radius 3 is 2.82 bits per heavy atom. The second-order valence-corrected chi connectivity index (χ2v) is 6.22. The molecule has 2 aliphatic rings. The zero-order valence-corrected chi connectivity index (χ0v) is 12.8. The van der Waals surface area contributed by atoms with Gasteiger partial charge in [0.15, 0.2) is 0 Å². The van der Waals surface area contributed by atoms with Crippen LogP contribution < -0.4 is 15.5 Å². The number of anilines is 1. The Morgan fingerprint density at radius 1 is 1.45 bits per heavy atom. The van der Waals surface area contributed by atoms with Gasteiger partial charge in [0.25, 0.3) is 5.91 Å². The molecular weight excluding hydrogens is 306 g/mol. The fraction of sp³-hybridized carbons (Fsp3) is 0.467. The number of benzene rings is 1. The number of carbonyl (C=O) groups excluding carboxylic acids is 2. The van der Waals surface area contributed by atoms with Crippen LogP contribution in [0.3, 0.4) is 0 Å². The number of urea groups is 1. The van der Waals surface area contributed by atoms with E-state index in [0.717, 1.165) is 6.42 Å². The van der Waals surface area contributed by atoms with Crippen molar-refractivity contribution in [2.75, 3.05) is 24.5 Å². The highest BCUT2D eigenvalue weighted by Crippen LogP contribution is 2.31. The summed E-state index contributed by atoms with van der Waals surface area (Å²) in [6, 6.07) is 4.60. The molecule has 1 aliphatic heterocycles. The molecule has 6 nitrogen and oxygen atoms in total.